The number of hydrogen-bond donors (Lipinski definition) is 1. The van der Waals surface area contributed by atoms with Crippen LogP contribution in [-0.4, -0.2) is 15.5 Å². The molecular formula is C21H17N3O3S. The molecule has 0 atom stereocenters. The monoisotopic (exact) mass is 391 g/mol. The van der Waals surface area contributed by atoms with Crippen LogP contribution in [0.3, 0.4) is 0 Å². The highest BCUT2D eigenvalue weighted by atomic mass is 32.1. The molecule has 0 radical (unpaired) electrons. The number of carbonyl (C=O) groups excluding carboxylic acids is 1. The van der Waals surface area contributed by atoms with Gasteiger partial charge in [0.2, 0.25) is 0 Å². The molecule has 0 saturated heterocycles. The van der Waals surface area contributed by atoms with Crippen LogP contribution in [0.15, 0.2) is 65.7 Å². The average molecular weight is 391 g/mol. The van der Waals surface area contributed by atoms with Gasteiger partial charge in [-0.1, -0.05) is 30.3 Å². The second-order valence-electron chi connectivity index (χ2n) is 6.34. The van der Waals surface area contributed by atoms with Crippen molar-refractivity contribution in [2.75, 3.05) is 0 Å². The zero-order chi connectivity index (χ0) is 19.7. The van der Waals surface area contributed by atoms with Crippen molar-refractivity contribution in [3.63, 3.8) is 0 Å². The van der Waals surface area contributed by atoms with E-state index >= 15 is 0 Å². The summed E-state index contributed by atoms with van der Waals surface area (Å²) < 4.78 is 7.38. The first-order valence-electron chi connectivity index (χ1n) is 8.63. The fraction of sp³-hybridized carbons (Fsp3) is 0.0952. The molecule has 7 heteroatoms. The summed E-state index contributed by atoms with van der Waals surface area (Å²) in [7, 11) is 0. The largest absolute Gasteiger partial charge is 0.457 e. The molecule has 0 saturated carbocycles. The van der Waals surface area contributed by atoms with Crippen LogP contribution < -0.4 is 16.0 Å². The molecule has 0 fully saturated rings. The minimum absolute atomic E-state index is 0.194. The minimum Gasteiger partial charge on any atom is -0.457 e. The van der Waals surface area contributed by atoms with Crippen LogP contribution in [0, 0.1) is 6.92 Å². The summed E-state index contributed by atoms with van der Waals surface area (Å²) >= 11 is 1.15. The molecule has 0 spiro atoms. The number of nitrogens with zero attached hydrogens (tertiary/aromatic N) is 2. The molecule has 1 amide bonds. The third-order valence-corrected chi connectivity index (χ3v) is 5.59. The van der Waals surface area contributed by atoms with E-state index in [1.54, 1.807) is 6.92 Å². The van der Waals surface area contributed by atoms with E-state index in [1.807, 2.05) is 54.6 Å². The van der Waals surface area contributed by atoms with Gasteiger partial charge in [-0.3, -0.25) is 14.2 Å². The number of carbonyl (C=O) groups is 1. The van der Waals surface area contributed by atoms with Gasteiger partial charge in [-0.25, -0.2) is 4.98 Å². The topological polar surface area (TPSA) is 87.2 Å². The molecule has 4 aromatic rings. The zero-order valence-electron chi connectivity index (χ0n) is 15.1. The standard InChI is InChI=1S/C21H17N3O3S/c1-13-17-20(28-18(13)19(22)25)23-12-24(21(17)26)11-14-6-5-9-16(10-14)27-15-7-3-2-4-8-15/h2-10,12H,11H2,1H3,(H2,22,25). The molecule has 6 nitrogen and oxygen atoms in total. The number of ether oxygens (including phenoxy) is 1. The number of fused-ring (bicyclic) bond motifs is 1. The Hall–Kier alpha value is -3.45. The number of amides is 1. The third-order valence-electron chi connectivity index (χ3n) is 4.37. The summed E-state index contributed by atoms with van der Waals surface area (Å²) in [5.41, 5.74) is 6.68. The fourth-order valence-electron chi connectivity index (χ4n) is 3.04. The first kappa shape index (κ1) is 17.9. The van der Waals surface area contributed by atoms with Gasteiger partial charge < -0.3 is 10.5 Å². The number of benzene rings is 2. The lowest BCUT2D eigenvalue weighted by Gasteiger charge is -2.09. The summed E-state index contributed by atoms with van der Waals surface area (Å²) in [6.45, 7) is 2.07. The third kappa shape index (κ3) is 3.39. The van der Waals surface area contributed by atoms with E-state index in [0.717, 1.165) is 22.6 Å². The molecule has 0 aliphatic heterocycles. The minimum atomic E-state index is -0.544. The van der Waals surface area contributed by atoms with Crippen molar-refractivity contribution in [2.45, 2.75) is 13.5 Å². The van der Waals surface area contributed by atoms with Gasteiger partial charge in [0.1, 0.15) is 16.3 Å². The van der Waals surface area contributed by atoms with Crippen molar-refractivity contribution in [2.24, 2.45) is 5.73 Å². The summed E-state index contributed by atoms with van der Waals surface area (Å²) in [6, 6.07) is 17.0. The van der Waals surface area contributed by atoms with Gasteiger partial charge >= 0.3 is 0 Å². The SMILES string of the molecule is Cc1c(C(N)=O)sc2ncn(Cc3cccc(Oc4ccccc4)c3)c(=O)c12. The first-order valence-corrected chi connectivity index (χ1v) is 9.45. The Morgan fingerprint density at radius 3 is 2.64 bits per heavy atom. The lowest BCUT2D eigenvalue weighted by Crippen LogP contribution is -2.21. The molecular weight excluding hydrogens is 374 g/mol. The van der Waals surface area contributed by atoms with Crippen molar-refractivity contribution in [3.05, 3.63) is 87.3 Å². The van der Waals surface area contributed by atoms with Crippen molar-refractivity contribution in [1.29, 1.82) is 0 Å². The van der Waals surface area contributed by atoms with Crippen molar-refractivity contribution < 1.29 is 9.53 Å². The highest BCUT2D eigenvalue weighted by Crippen LogP contribution is 2.26. The number of aryl methyl sites for hydroxylation is 1. The predicted molar refractivity (Wildman–Crippen MR) is 109 cm³/mol. The number of hydrogen-bond acceptors (Lipinski definition) is 5. The van der Waals surface area contributed by atoms with Crippen LogP contribution in [0.4, 0.5) is 0 Å². The molecule has 2 aromatic carbocycles. The van der Waals surface area contributed by atoms with Crippen LogP contribution in [0.2, 0.25) is 0 Å². The van der Waals surface area contributed by atoms with Gasteiger partial charge in [0.15, 0.2) is 0 Å². The Morgan fingerprint density at radius 2 is 1.89 bits per heavy atom. The Morgan fingerprint density at radius 1 is 1.14 bits per heavy atom. The molecule has 28 heavy (non-hydrogen) atoms. The maximum absolute atomic E-state index is 12.9. The Bertz CT molecular complexity index is 1230. The average Bonchev–Trinajstić information content (AvgIpc) is 3.03. The maximum Gasteiger partial charge on any atom is 0.262 e. The van der Waals surface area contributed by atoms with Gasteiger partial charge in [-0.2, -0.15) is 0 Å². The second kappa shape index (κ2) is 7.28. The highest BCUT2D eigenvalue weighted by molar-refractivity contribution is 7.20. The Balaban J connectivity index is 1.66. The normalized spacial score (nSPS) is 10.9. The van der Waals surface area contributed by atoms with Crippen LogP contribution in [0.5, 0.6) is 11.5 Å². The molecule has 0 aliphatic carbocycles. The number of primary amides is 1. The van der Waals surface area contributed by atoms with E-state index in [1.165, 1.54) is 10.9 Å². The van der Waals surface area contributed by atoms with Gasteiger partial charge in [0.05, 0.1) is 23.1 Å². The van der Waals surface area contributed by atoms with E-state index in [2.05, 4.69) is 4.98 Å². The molecule has 2 aromatic heterocycles. The maximum atomic E-state index is 12.9. The van der Waals surface area contributed by atoms with E-state index in [4.69, 9.17) is 10.5 Å². The fourth-order valence-corrected chi connectivity index (χ4v) is 4.03. The summed E-state index contributed by atoms with van der Waals surface area (Å²) in [5.74, 6) is 0.888. The number of para-hydroxylation sites is 1. The summed E-state index contributed by atoms with van der Waals surface area (Å²) in [6.07, 6.45) is 1.50. The molecule has 2 heterocycles. The number of aromatic nitrogens is 2. The van der Waals surface area contributed by atoms with Crippen LogP contribution in [0.1, 0.15) is 20.8 Å². The first-order chi connectivity index (χ1) is 13.5. The number of thiophene rings is 1. The summed E-state index contributed by atoms with van der Waals surface area (Å²) in [5, 5.41) is 0.443. The van der Waals surface area contributed by atoms with Gasteiger partial charge in [-0.05, 0) is 42.3 Å². The van der Waals surface area contributed by atoms with E-state index in [-0.39, 0.29) is 5.56 Å². The molecule has 2 N–H and O–H groups in total. The second-order valence-corrected chi connectivity index (χ2v) is 7.34. The molecule has 0 unspecified atom stereocenters. The molecule has 0 aliphatic rings. The quantitative estimate of drug-likeness (QED) is 0.562. The van der Waals surface area contributed by atoms with Gasteiger partial charge in [-0.15, -0.1) is 11.3 Å². The molecule has 4 rings (SSSR count). The number of nitrogens with two attached hydrogens (primary N) is 1. The van der Waals surface area contributed by atoms with Gasteiger partial charge in [0, 0.05) is 0 Å². The number of rotatable bonds is 5. The van der Waals surface area contributed by atoms with E-state index < -0.39 is 5.91 Å². The smallest absolute Gasteiger partial charge is 0.262 e. The van der Waals surface area contributed by atoms with Crippen molar-refractivity contribution >= 4 is 27.5 Å². The Kier molecular flexibility index (Phi) is 4.67. The highest BCUT2D eigenvalue weighted by Gasteiger charge is 2.17. The van der Waals surface area contributed by atoms with Crippen LogP contribution >= 0.6 is 11.3 Å². The van der Waals surface area contributed by atoms with Crippen LogP contribution in [-0.2, 0) is 6.54 Å². The molecule has 0 bridgehead atoms. The van der Waals surface area contributed by atoms with Gasteiger partial charge in [0.25, 0.3) is 11.5 Å². The zero-order valence-corrected chi connectivity index (χ0v) is 15.9. The van der Waals surface area contributed by atoms with Crippen molar-refractivity contribution in [1.82, 2.24) is 9.55 Å². The van der Waals surface area contributed by atoms with E-state index in [0.29, 0.717) is 33.0 Å². The van der Waals surface area contributed by atoms with Crippen LogP contribution in [0.25, 0.3) is 10.2 Å². The van der Waals surface area contributed by atoms with E-state index in [9.17, 15) is 9.59 Å². The molecule has 140 valence electrons. The lowest BCUT2D eigenvalue weighted by molar-refractivity contribution is 0.100. The predicted octanol–water partition coefficient (Wildman–Crippen LogP) is 3.71. The Labute approximate surface area is 164 Å². The lowest BCUT2D eigenvalue weighted by atomic mass is 10.2. The van der Waals surface area contributed by atoms with Crippen molar-refractivity contribution in [3.8, 4) is 11.5 Å². The summed E-state index contributed by atoms with van der Waals surface area (Å²) in [4.78, 5) is 29.7.